The molecule has 39 heavy (non-hydrogen) atoms. The van der Waals surface area contributed by atoms with Gasteiger partial charge in [-0.2, -0.15) is 26.3 Å². The zero-order valence-corrected chi connectivity index (χ0v) is 20.8. The summed E-state index contributed by atoms with van der Waals surface area (Å²) in [4.78, 5) is 37.1. The number of pyridine rings is 1. The van der Waals surface area contributed by atoms with Gasteiger partial charge < -0.3 is 15.5 Å². The topological polar surface area (TPSA) is 120 Å². The standard InChI is InChI=1S/C21H25N3O.2C2HF3O2/c1-3-14(2)24-12-18-16-6-4-5-7-17(16)20(19(18)13-24)23-21(25)15-8-10-22-11-9-15;2*3-2(4,5)1(6)7/h4-11,14,18-20H,3,12-13H2,1-2H3,(H,23,25);2*(H,6,7)/t14?,18-,19-,20+;;/m0../s1. The Morgan fingerprint density at radius 1 is 0.949 bits per heavy atom. The highest BCUT2D eigenvalue weighted by Gasteiger charge is 2.47. The lowest BCUT2D eigenvalue weighted by atomic mass is 9.94. The molecular weight excluding hydrogens is 536 g/mol. The zero-order valence-electron chi connectivity index (χ0n) is 20.8. The monoisotopic (exact) mass is 563 g/mol. The summed E-state index contributed by atoms with van der Waals surface area (Å²) >= 11 is 0. The van der Waals surface area contributed by atoms with Crippen molar-refractivity contribution in [3.8, 4) is 0 Å². The van der Waals surface area contributed by atoms with E-state index in [-0.39, 0.29) is 11.9 Å². The van der Waals surface area contributed by atoms with Crippen molar-refractivity contribution in [2.24, 2.45) is 5.92 Å². The molecule has 1 fully saturated rings. The van der Waals surface area contributed by atoms with Gasteiger partial charge in [-0.05, 0) is 36.6 Å². The molecule has 1 aliphatic carbocycles. The Morgan fingerprint density at radius 3 is 1.90 bits per heavy atom. The smallest absolute Gasteiger partial charge is 0.475 e. The van der Waals surface area contributed by atoms with Gasteiger partial charge in [0.25, 0.3) is 5.91 Å². The lowest BCUT2D eigenvalue weighted by molar-refractivity contribution is -0.193. The lowest BCUT2D eigenvalue weighted by Gasteiger charge is -2.26. The van der Waals surface area contributed by atoms with E-state index >= 15 is 0 Å². The summed E-state index contributed by atoms with van der Waals surface area (Å²) in [5.74, 6) is -4.55. The Labute approximate surface area is 219 Å². The summed E-state index contributed by atoms with van der Waals surface area (Å²) in [5, 5.41) is 17.6. The van der Waals surface area contributed by atoms with E-state index < -0.39 is 24.3 Å². The number of hydrogen-bond acceptors (Lipinski definition) is 5. The number of halogens is 6. The van der Waals surface area contributed by atoms with Crippen LogP contribution in [0.1, 0.15) is 53.7 Å². The number of rotatable bonds is 4. The molecule has 4 rings (SSSR count). The summed E-state index contributed by atoms with van der Waals surface area (Å²) in [6.45, 7) is 6.70. The summed E-state index contributed by atoms with van der Waals surface area (Å²) < 4.78 is 63.5. The Morgan fingerprint density at radius 2 is 1.44 bits per heavy atom. The van der Waals surface area contributed by atoms with Crippen LogP contribution in [0.4, 0.5) is 26.3 Å². The molecule has 4 atom stereocenters. The first kappa shape index (κ1) is 31.5. The highest BCUT2D eigenvalue weighted by molar-refractivity contribution is 5.94. The number of carbonyl (C=O) groups is 3. The summed E-state index contributed by atoms with van der Waals surface area (Å²) in [7, 11) is 0. The third-order valence-corrected chi connectivity index (χ3v) is 6.48. The van der Waals surface area contributed by atoms with Gasteiger partial charge in [0.1, 0.15) is 0 Å². The number of hydrogen-bond donors (Lipinski definition) is 3. The molecule has 1 saturated heterocycles. The quantitative estimate of drug-likeness (QED) is 0.464. The average Bonchev–Trinajstić information content (AvgIpc) is 3.42. The second kappa shape index (κ2) is 12.9. The van der Waals surface area contributed by atoms with Crippen LogP contribution in [0, 0.1) is 5.92 Å². The fourth-order valence-electron chi connectivity index (χ4n) is 4.42. The van der Waals surface area contributed by atoms with E-state index in [2.05, 4.69) is 53.3 Å². The molecular formula is C25H27F6N3O5. The summed E-state index contributed by atoms with van der Waals surface area (Å²) in [5.41, 5.74) is 3.38. The van der Waals surface area contributed by atoms with Gasteiger partial charge >= 0.3 is 24.3 Å². The van der Waals surface area contributed by atoms with E-state index in [1.807, 2.05) is 0 Å². The van der Waals surface area contributed by atoms with E-state index in [0.29, 0.717) is 23.4 Å². The van der Waals surface area contributed by atoms with Crippen molar-refractivity contribution in [3.05, 3.63) is 65.5 Å². The van der Waals surface area contributed by atoms with E-state index in [9.17, 15) is 31.1 Å². The van der Waals surface area contributed by atoms with Crippen molar-refractivity contribution in [2.45, 2.75) is 50.6 Å². The molecule has 1 aliphatic heterocycles. The second-order valence-corrected chi connectivity index (χ2v) is 8.90. The van der Waals surface area contributed by atoms with Gasteiger partial charge in [0.2, 0.25) is 0 Å². The van der Waals surface area contributed by atoms with Crippen LogP contribution in [0.3, 0.4) is 0 Å². The Hall–Kier alpha value is -3.68. The molecule has 0 saturated carbocycles. The molecule has 1 aromatic heterocycles. The fraction of sp³-hybridized carbons (Fsp3) is 0.440. The van der Waals surface area contributed by atoms with Crippen LogP contribution < -0.4 is 5.32 Å². The first-order valence-electron chi connectivity index (χ1n) is 11.7. The minimum atomic E-state index is -5.08. The molecule has 0 bridgehead atoms. The van der Waals surface area contributed by atoms with E-state index in [4.69, 9.17) is 19.8 Å². The number of nitrogens with one attached hydrogen (secondary N) is 1. The molecule has 3 N–H and O–H groups in total. The van der Waals surface area contributed by atoms with Crippen molar-refractivity contribution >= 4 is 17.8 Å². The molecule has 2 aliphatic rings. The number of likely N-dealkylation sites (tertiary alicyclic amines) is 1. The third kappa shape index (κ3) is 8.40. The van der Waals surface area contributed by atoms with Crippen LogP contribution in [0.25, 0.3) is 0 Å². The number of alkyl halides is 6. The number of aromatic nitrogens is 1. The van der Waals surface area contributed by atoms with Crippen LogP contribution in [0.5, 0.6) is 0 Å². The van der Waals surface area contributed by atoms with Crippen molar-refractivity contribution < 1.29 is 50.9 Å². The number of nitrogens with zero attached hydrogens (tertiary/aromatic N) is 2. The molecule has 214 valence electrons. The lowest BCUT2D eigenvalue weighted by Crippen LogP contribution is -2.35. The van der Waals surface area contributed by atoms with Crippen LogP contribution in [-0.4, -0.2) is 69.4 Å². The number of aliphatic carboxylic acids is 2. The minimum Gasteiger partial charge on any atom is -0.475 e. The number of benzene rings is 1. The Kier molecular flexibility index (Phi) is 10.4. The van der Waals surface area contributed by atoms with Gasteiger partial charge in [0.15, 0.2) is 0 Å². The summed E-state index contributed by atoms with van der Waals surface area (Å²) in [6.07, 6.45) is -5.67. The number of amides is 1. The van der Waals surface area contributed by atoms with Crippen LogP contribution in [0.2, 0.25) is 0 Å². The third-order valence-electron chi connectivity index (χ3n) is 6.48. The second-order valence-electron chi connectivity index (χ2n) is 8.90. The van der Waals surface area contributed by atoms with Gasteiger partial charge in [-0.3, -0.25) is 14.7 Å². The number of carboxylic acid groups (broad SMARTS) is 2. The maximum atomic E-state index is 12.7. The molecule has 1 unspecified atom stereocenters. The number of carbonyl (C=O) groups excluding carboxylic acids is 1. The predicted molar refractivity (Wildman–Crippen MR) is 126 cm³/mol. The minimum absolute atomic E-state index is 0.00940. The van der Waals surface area contributed by atoms with Gasteiger partial charge in [0, 0.05) is 48.9 Å². The molecule has 1 amide bonds. The maximum Gasteiger partial charge on any atom is 0.490 e. The van der Waals surface area contributed by atoms with Crippen LogP contribution >= 0.6 is 0 Å². The highest BCUT2D eigenvalue weighted by Crippen LogP contribution is 2.49. The largest absolute Gasteiger partial charge is 0.490 e. The normalized spacial score (nSPS) is 20.8. The molecule has 2 heterocycles. The Bertz CT molecular complexity index is 1120. The average molecular weight is 563 g/mol. The van der Waals surface area contributed by atoms with Crippen LogP contribution in [-0.2, 0) is 9.59 Å². The van der Waals surface area contributed by atoms with E-state index in [1.54, 1.807) is 24.5 Å². The molecule has 0 spiro atoms. The predicted octanol–water partition coefficient (Wildman–Crippen LogP) is 4.65. The van der Waals surface area contributed by atoms with Crippen LogP contribution in [0.15, 0.2) is 48.8 Å². The fourth-order valence-corrected chi connectivity index (χ4v) is 4.42. The van der Waals surface area contributed by atoms with Crippen molar-refractivity contribution in [3.63, 3.8) is 0 Å². The van der Waals surface area contributed by atoms with Crippen molar-refractivity contribution in [1.82, 2.24) is 15.2 Å². The SMILES string of the molecule is CCC(C)N1C[C@@H]2[C@H](NC(=O)c3ccncc3)c3ccccc3[C@@H]2C1.O=C(O)C(F)(F)F.O=C(O)C(F)(F)F. The first-order valence-corrected chi connectivity index (χ1v) is 11.7. The van der Waals surface area contributed by atoms with E-state index in [0.717, 1.165) is 19.5 Å². The van der Waals surface area contributed by atoms with Gasteiger partial charge in [-0.15, -0.1) is 0 Å². The number of fused-ring (bicyclic) bond motifs is 3. The number of carboxylic acids is 2. The van der Waals surface area contributed by atoms with Gasteiger partial charge in [-0.1, -0.05) is 31.2 Å². The van der Waals surface area contributed by atoms with Crippen molar-refractivity contribution in [2.75, 3.05) is 13.1 Å². The molecule has 14 heteroatoms. The molecule has 0 radical (unpaired) electrons. The first-order chi connectivity index (χ1) is 18.1. The molecule has 8 nitrogen and oxygen atoms in total. The van der Waals surface area contributed by atoms with Gasteiger partial charge in [-0.25, -0.2) is 9.59 Å². The van der Waals surface area contributed by atoms with Gasteiger partial charge in [0.05, 0.1) is 6.04 Å². The van der Waals surface area contributed by atoms with E-state index in [1.165, 1.54) is 11.1 Å². The Balaban J connectivity index is 0.000000317. The molecule has 2 aromatic rings. The zero-order chi connectivity index (χ0) is 29.5. The van der Waals surface area contributed by atoms with Crippen molar-refractivity contribution in [1.29, 1.82) is 0 Å². The maximum absolute atomic E-state index is 12.7. The summed E-state index contributed by atoms with van der Waals surface area (Å²) in [6, 6.07) is 12.9. The molecule has 1 aromatic carbocycles. The highest BCUT2D eigenvalue weighted by atomic mass is 19.4.